The summed E-state index contributed by atoms with van der Waals surface area (Å²) in [5.41, 5.74) is 6.26. The highest BCUT2D eigenvalue weighted by atomic mass is 79.9. The molecule has 6 nitrogen and oxygen atoms in total. The van der Waals surface area contributed by atoms with Crippen LogP contribution in [0.3, 0.4) is 0 Å². The summed E-state index contributed by atoms with van der Waals surface area (Å²) in [6.07, 6.45) is 4.82. The molecule has 0 bridgehead atoms. The number of nitrogens with one attached hydrogen (secondary N) is 1. The number of nitrogens with two attached hydrogens (primary N) is 1. The van der Waals surface area contributed by atoms with Crippen LogP contribution in [-0.4, -0.2) is 29.8 Å². The summed E-state index contributed by atoms with van der Waals surface area (Å²) in [7, 11) is 1.64. The monoisotopic (exact) mass is 299 g/mol. The lowest BCUT2D eigenvalue weighted by Gasteiger charge is -2.09. The van der Waals surface area contributed by atoms with Crippen molar-refractivity contribution in [3.8, 4) is 0 Å². The smallest absolute Gasteiger partial charge is 0.227 e. The predicted molar refractivity (Wildman–Crippen MR) is 70.6 cm³/mol. The molecule has 17 heavy (non-hydrogen) atoms. The number of rotatable bonds is 5. The van der Waals surface area contributed by atoms with Gasteiger partial charge >= 0.3 is 0 Å². The SMILES string of the molecule is CCOC(N)=C(C=NC)Nc1ncc(Br)cn1. The minimum Gasteiger partial charge on any atom is -0.478 e. The molecule has 0 amide bonds. The Hall–Kier alpha value is -1.63. The molecule has 0 aliphatic carbocycles. The second-order valence-corrected chi connectivity index (χ2v) is 3.86. The van der Waals surface area contributed by atoms with Crippen molar-refractivity contribution in [2.24, 2.45) is 10.7 Å². The van der Waals surface area contributed by atoms with Crippen molar-refractivity contribution in [3.63, 3.8) is 0 Å². The van der Waals surface area contributed by atoms with Crippen LogP contribution in [0.2, 0.25) is 0 Å². The van der Waals surface area contributed by atoms with Crippen LogP contribution >= 0.6 is 15.9 Å². The molecule has 1 aromatic rings. The summed E-state index contributed by atoms with van der Waals surface area (Å²) < 4.78 is 5.99. The zero-order valence-corrected chi connectivity index (χ0v) is 11.2. The van der Waals surface area contributed by atoms with Crippen molar-refractivity contribution in [1.29, 1.82) is 0 Å². The van der Waals surface area contributed by atoms with Gasteiger partial charge in [-0.3, -0.25) is 4.99 Å². The number of halogens is 1. The van der Waals surface area contributed by atoms with Gasteiger partial charge < -0.3 is 15.8 Å². The summed E-state index contributed by atoms with van der Waals surface area (Å²) in [5, 5.41) is 2.93. The van der Waals surface area contributed by atoms with Crippen molar-refractivity contribution >= 4 is 28.1 Å². The van der Waals surface area contributed by atoms with E-state index in [1.165, 1.54) is 0 Å². The number of hydrogen-bond donors (Lipinski definition) is 2. The van der Waals surface area contributed by atoms with Crippen LogP contribution < -0.4 is 11.1 Å². The Morgan fingerprint density at radius 2 is 2.24 bits per heavy atom. The fourth-order valence-corrected chi connectivity index (χ4v) is 1.22. The average Bonchev–Trinajstić information content (AvgIpc) is 2.31. The van der Waals surface area contributed by atoms with Crippen LogP contribution in [0.15, 0.2) is 33.4 Å². The minimum absolute atomic E-state index is 0.254. The van der Waals surface area contributed by atoms with E-state index in [1.807, 2.05) is 6.92 Å². The van der Waals surface area contributed by atoms with Crippen molar-refractivity contribution < 1.29 is 4.74 Å². The highest BCUT2D eigenvalue weighted by Gasteiger charge is 2.04. The summed E-state index contributed by atoms with van der Waals surface area (Å²) in [6, 6.07) is 0. The Bertz CT molecular complexity index is 415. The normalized spacial score (nSPS) is 12.4. The molecule has 0 unspecified atom stereocenters. The summed E-state index contributed by atoms with van der Waals surface area (Å²) in [5.74, 6) is 0.676. The Labute approximate surface area is 108 Å². The van der Waals surface area contributed by atoms with Gasteiger partial charge in [-0.25, -0.2) is 9.97 Å². The van der Waals surface area contributed by atoms with Gasteiger partial charge in [0, 0.05) is 25.7 Å². The predicted octanol–water partition coefficient (Wildman–Crippen LogP) is 1.52. The standard InChI is InChI=1S/C10H14BrN5O/c1-3-17-9(12)8(6-13-2)16-10-14-4-7(11)5-15-10/h4-6H,3,12H2,1-2H3,(H,14,15,16). The minimum atomic E-state index is 0.254. The summed E-state index contributed by atoms with van der Waals surface area (Å²) in [4.78, 5) is 12.0. The first-order valence-corrected chi connectivity index (χ1v) is 5.76. The van der Waals surface area contributed by atoms with E-state index < -0.39 is 0 Å². The first-order valence-electron chi connectivity index (χ1n) is 4.96. The van der Waals surface area contributed by atoms with Gasteiger partial charge in [0.05, 0.1) is 11.1 Å². The van der Waals surface area contributed by atoms with E-state index >= 15 is 0 Å². The van der Waals surface area contributed by atoms with Gasteiger partial charge in [-0.1, -0.05) is 0 Å². The lowest BCUT2D eigenvalue weighted by molar-refractivity contribution is 0.224. The van der Waals surface area contributed by atoms with Crippen LogP contribution in [0, 0.1) is 0 Å². The van der Waals surface area contributed by atoms with Crippen LogP contribution in [-0.2, 0) is 4.74 Å². The fraction of sp³-hybridized carbons (Fsp3) is 0.300. The van der Waals surface area contributed by atoms with E-state index in [9.17, 15) is 0 Å². The molecule has 92 valence electrons. The first-order chi connectivity index (χ1) is 8.17. The molecule has 0 aliphatic rings. The topological polar surface area (TPSA) is 85.4 Å². The van der Waals surface area contributed by atoms with Crippen molar-refractivity contribution in [2.75, 3.05) is 19.0 Å². The molecule has 0 aromatic carbocycles. The Kier molecular flexibility index (Phi) is 5.41. The zero-order valence-electron chi connectivity index (χ0n) is 9.64. The molecule has 0 spiro atoms. The Balaban J connectivity index is 2.87. The van der Waals surface area contributed by atoms with E-state index in [1.54, 1.807) is 25.7 Å². The van der Waals surface area contributed by atoms with Crippen LogP contribution in [0.5, 0.6) is 0 Å². The molecule has 3 N–H and O–H groups in total. The fourth-order valence-electron chi connectivity index (χ4n) is 1.02. The number of anilines is 1. The molecule has 0 fully saturated rings. The lowest BCUT2D eigenvalue weighted by Crippen LogP contribution is -2.15. The highest BCUT2D eigenvalue weighted by molar-refractivity contribution is 9.10. The molecule has 0 saturated heterocycles. The second-order valence-electron chi connectivity index (χ2n) is 2.95. The summed E-state index contributed by atoms with van der Waals surface area (Å²) >= 11 is 3.26. The van der Waals surface area contributed by atoms with Crippen molar-refractivity contribution in [1.82, 2.24) is 9.97 Å². The third kappa shape index (κ3) is 4.39. The van der Waals surface area contributed by atoms with Gasteiger partial charge in [0.25, 0.3) is 0 Å². The largest absolute Gasteiger partial charge is 0.478 e. The van der Waals surface area contributed by atoms with Gasteiger partial charge in [0.15, 0.2) is 0 Å². The average molecular weight is 300 g/mol. The maximum atomic E-state index is 5.73. The van der Waals surface area contributed by atoms with E-state index in [0.717, 1.165) is 4.47 Å². The van der Waals surface area contributed by atoms with Crippen molar-refractivity contribution in [3.05, 3.63) is 28.4 Å². The number of allylic oxidation sites excluding steroid dienone is 1. The van der Waals surface area contributed by atoms with E-state index in [-0.39, 0.29) is 5.88 Å². The molecule has 1 aromatic heterocycles. The summed E-state index contributed by atoms with van der Waals surface area (Å²) in [6.45, 7) is 2.33. The third-order valence-electron chi connectivity index (χ3n) is 1.69. The molecule has 0 aliphatic heterocycles. The quantitative estimate of drug-likeness (QED) is 0.636. The van der Waals surface area contributed by atoms with Crippen molar-refractivity contribution in [2.45, 2.75) is 6.92 Å². The second kappa shape index (κ2) is 6.85. The molecule has 0 radical (unpaired) electrons. The van der Waals surface area contributed by atoms with Gasteiger partial charge in [0.1, 0.15) is 5.70 Å². The van der Waals surface area contributed by atoms with E-state index in [0.29, 0.717) is 18.3 Å². The zero-order chi connectivity index (χ0) is 12.7. The Morgan fingerprint density at radius 1 is 1.59 bits per heavy atom. The number of nitrogens with zero attached hydrogens (tertiary/aromatic N) is 3. The first kappa shape index (κ1) is 13.4. The molecular formula is C10H14BrN5O. The van der Waals surface area contributed by atoms with Crippen LogP contribution in [0.25, 0.3) is 0 Å². The van der Waals surface area contributed by atoms with E-state index in [4.69, 9.17) is 10.5 Å². The molecule has 0 atom stereocenters. The number of aromatic nitrogens is 2. The maximum Gasteiger partial charge on any atom is 0.227 e. The van der Waals surface area contributed by atoms with Gasteiger partial charge in [0.2, 0.25) is 11.8 Å². The third-order valence-corrected chi connectivity index (χ3v) is 2.10. The number of aliphatic imine (C=N–C) groups is 1. The highest BCUT2D eigenvalue weighted by Crippen LogP contribution is 2.09. The van der Waals surface area contributed by atoms with E-state index in [2.05, 4.69) is 36.2 Å². The molecule has 1 rings (SSSR count). The number of ether oxygens (including phenoxy) is 1. The molecular weight excluding hydrogens is 286 g/mol. The van der Waals surface area contributed by atoms with Crippen LogP contribution in [0.1, 0.15) is 6.92 Å². The van der Waals surface area contributed by atoms with Gasteiger partial charge in [-0.2, -0.15) is 0 Å². The molecule has 1 heterocycles. The number of hydrogen-bond acceptors (Lipinski definition) is 6. The Morgan fingerprint density at radius 3 is 2.76 bits per heavy atom. The molecule has 0 saturated carbocycles. The van der Waals surface area contributed by atoms with Crippen LogP contribution in [0.4, 0.5) is 5.95 Å². The van der Waals surface area contributed by atoms with Gasteiger partial charge in [-0.05, 0) is 22.9 Å². The maximum absolute atomic E-state index is 5.73. The lowest BCUT2D eigenvalue weighted by atomic mass is 10.4. The molecule has 7 heteroatoms. The van der Waals surface area contributed by atoms with Gasteiger partial charge in [-0.15, -0.1) is 0 Å².